The number of aliphatic hydroxyl groups excluding tert-OH is 1. The number of nitrogens with one attached hydrogen (secondary N) is 1. The molecule has 7 heteroatoms. The van der Waals surface area contributed by atoms with Gasteiger partial charge < -0.3 is 5.11 Å². The highest BCUT2D eigenvalue weighted by Crippen LogP contribution is 2.21. The van der Waals surface area contributed by atoms with E-state index in [9.17, 15) is 12.8 Å². The van der Waals surface area contributed by atoms with Gasteiger partial charge in [0, 0.05) is 10.7 Å². The Morgan fingerprint density at radius 2 is 1.80 bits per heavy atom. The third-order valence-electron chi connectivity index (χ3n) is 2.56. The molecule has 4 nitrogen and oxygen atoms in total. The summed E-state index contributed by atoms with van der Waals surface area (Å²) in [6, 6.07) is 9.42. The number of hydrogen-bond acceptors (Lipinski definition) is 3. The van der Waals surface area contributed by atoms with Gasteiger partial charge in [0.05, 0.1) is 6.61 Å². The lowest BCUT2D eigenvalue weighted by molar-refractivity contribution is 0.281. The monoisotopic (exact) mass is 315 g/mol. The average Bonchev–Trinajstić information content (AvgIpc) is 2.40. The summed E-state index contributed by atoms with van der Waals surface area (Å²) in [6.45, 7) is -0.359. The summed E-state index contributed by atoms with van der Waals surface area (Å²) in [7, 11) is -4.03. The van der Waals surface area contributed by atoms with Crippen LogP contribution in [-0.4, -0.2) is 13.5 Å². The zero-order valence-corrected chi connectivity index (χ0v) is 11.7. The molecule has 0 saturated heterocycles. The van der Waals surface area contributed by atoms with E-state index in [1.807, 2.05) is 0 Å². The van der Waals surface area contributed by atoms with Crippen molar-refractivity contribution in [2.75, 3.05) is 4.72 Å². The van der Waals surface area contributed by atoms with Crippen LogP contribution in [0.1, 0.15) is 5.56 Å². The van der Waals surface area contributed by atoms with Gasteiger partial charge in [0.1, 0.15) is 10.7 Å². The minimum atomic E-state index is -4.03. The van der Waals surface area contributed by atoms with Gasteiger partial charge in [-0.1, -0.05) is 17.7 Å². The lowest BCUT2D eigenvalue weighted by atomic mass is 10.2. The average molecular weight is 316 g/mol. The van der Waals surface area contributed by atoms with Crippen molar-refractivity contribution < 1.29 is 17.9 Å². The molecule has 0 fully saturated rings. The van der Waals surface area contributed by atoms with Gasteiger partial charge in [-0.05, 0) is 42.0 Å². The van der Waals surface area contributed by atoms with Crippen LogP contribution in [0.4, 0.5) is 10.1 Å². The zero-order valence-electron chi connectivity index (χ0n) is 10.2. The molecule has 2 N–H and O–H groups in total. The van der Waals surface area contributed by atoms with Crippen LogP contribution in [0.15, 0.2) is 47.4 Å². The van der Waals surface area contributed by atoms with Crippen LogP contribution in [0, 0.1) is 5.82 Å². The Kier molecular flexibility index (Phi) is 4.27. The first-order valence-corrected chi connectivity index (χ1v) is 7.46. The molecule has 0 saturated carbocycles. The molecule has 2 aromatic rings. The minimum absolute atomic E-state index is 0.278. The van der Waals surface area contributed by atoms with E-state index in [2.05, 4.69) is 4.72 Å². The standard InChI is InChI=1S/C13H11ClFNO3S/c14-10-2-4-11(5-3-10)16-20(18,19)13-6-1-9(8-17)7-12(13)15/h1-7,16-17H,8H2. The zero-order chi connectivity index (χ0) is 14.8. The van der Waals surface area contributed by atoms with Crippen LogP contribution in [0.25, 0.3) is 0 Å². The molecular weight excluding hydrogens is 305 g/mol. The van der Waals surface area contributed by atoms with E-state index in [1.54, 1.807) is 0 Å². The van der Waals surface area contributed by atoms with Crippen LogP contribution >= 0.6 is 11.6 Å². The van der Waals surface area contributed by atoms with Crippen molar-refractivity contribution in [2.45, 2.75) is 11.5 Å². The third-order valence-corrected chi connectivity index (χ3v) is 4.23. The molecule has 106 valence electrons. The van der Waals surface area contributed by atoms with E-state index >= 15 is 0 Å². The van der Waals surface area contributed by atoms with Crippen LogP contribution in [0.3, 0.4) is 0 Å². The number of sulfonamides is 1. The summed E-state index contributed by atoms with van der Waals surface area (Å²) in [5, 5.41) is 9.34. The fourth-order valence-electron chi connectivity index (χ4n) is 1.59. The second-order valence-corrected chi connectivity index (χ2v) is 6.12. The number of rotatable bonds is 4. The molecule has 0 amide bonds. The van der Waals surface area contributed by atoms with Gasteiger partial charge in [-0.3, -0.25) is 4.72 Å². The molecule has 2 rings (SSSR count). The van der Waals surface area contributed by atoms with Crippen molar-refractivity contribution >= 4 is 27.3 Å². The maximum atomic E-state index is 13.7. The maximum absolute atomic E-state index is 13.7. The van der Waals surface area contributed by atoms with Gasteiger partial charge in [0.2, 0.25) is 0 Å². The Bertz CT molecular complexity index is 717. The van der Waals surface area contributed by atoms with E-state index < -0.39 is 20.7 Å². The normalized spacial score (nSPS) is 11.3. The maximum Gasteiger partial charge on any atom is 0.264 e. The smallest absolute Gasteiger partial charge is 0.264 e. The van der Waals surface area contributed by atoms with Gasteiger partial charge in [-0.15, -0.1) is 0 Å². The summed E-state index contributed by atoms with van der Waals surface area (Å²) in [6.07, 6.45) is 0. The summed E-state index contributed by atoms with van der Waals surface area (Å²) in [5.41, 5.74) is 0.577. The van der Waals surface area contributed by atoms with Gasteiger partial charge in [0.15, 0.2) is 0 Å². The number of benzene rings is 2. The van der Waals surface area contributed by atoms with Crippen LogP contribution in [-0.2, 0) is 16.6 Å². The highest BCUT2D eigenvalue weighted by molar-refractivity contribution is 7.92. The van der Waals surface area contributed by atoms with Crippen molar-refractivity contribution in [2.24, 2.45) is 0 Å². The number of aliphatic hydroxyl groups is 1. The fourth-order valence-corrected chi connectivity index (χ4v) is 2.83. The first-order chi connectivity index (χ1) is 9.42. The third kappa shape index (κ3) is 3.27. The van der Waals surface area contributed by atoms with E-state index in [4.69, 9.17) is 16.7 Å². The minimum Gasteiger partial charge on any atom is -0.392 e. The second kappa shape index (κ2) is 5.78. The SMILES string of the molecule is O=S(=O)(Nc1ccc(Cl)cc1)c1ccc(CO)cc1F. The van der Waals surface area contributed by atoms with E-state index in [0.717, 1.165) is 12.1 Å². The Balaban J connectivity index is 2.33. The predicted molar refractivity (Wildman–Crippen MR) is 74.6 cm³/mol. The molecule has 0 bridgehead atoms. The van der Waals surface area contributed by atoms with E-state index in [0.29, 0.717) is 10.6 Å². The highest BCUT2D eigenvalue weighted by atomic mass is 35.5. The largest absolute Gasteiger partial charge is 0.392 e. The van der Waals surface area contributed by atoms with Crippen molar-refractivity contribution in [1.29, 1.82) is 0 Å². The van der Waals surface area contributed by atoms with E-state index in [1.165, 1.54) is 30.3 Å². The molecule has 20 heavy (non-hydrogen) atoms. The van der Waals surface area contributed by atoms with Crippen LogP contribution in [0.2, 0.25) is 5.02 Å². The molecule has 0 unspecified atom stereocenters. The molecule has 0 aliphatic rings. The molecule has 0 atom stereocenters. The van der Waals surface area contributed by atoms with Crippen LogP contribution < -0.4 is 4.72 Å². The van der Waals surface area contributed by atoms with Gasteiger partial charge in [-0.25, -0.2) is 12.8 Å². The quantitative estimate of drug-likeness (QED) is 0.911. The fraction of sp³-hybridized carbons (Fsp3) is 0.0769. The Morgan fingerprint density at radius 3 is 2.35 bits per heavy atom. The molecule has 0 spiro atoms. The number of hydrogen-bond donors (Lipinski definition) is 2. The van der Waals surface area contributed by atoms with Crippen molar-refractivity contribution in [3.05, 3.63) is 58.9 Å². The summed E-state index contributed by atoms with van der Waals surface area (Å²) < 4.78 is 40.1. The van der Waals surface area contributed by atoms with Gasteiger partial charge >= 0.3 is 0 Å². The molecule has 0 heterocycles. The first kappa shape index (κ1) is 14.8. The molecule has 0 aromatic heterocycles. The molecular formula is C13H11ClFNO3S. The molecule has 2 aromatic carbocycles. The summed E-state index contributed by atoms with van der Waals surface area (Å²) >= 11 is 5.70. The molecule has 0 aliphatic heterocycles. The predicted octanol–water partition coefficient (Wildman–Crippen LogP) is 2.77. The lowest BCUT2D eigenvalue weighted by Gasteiger charge is -2.09. The summed E-state index contributed by atoms with van der Waals surface area (Å²) in [4.78, 5) is -0.482. The Hall–Kier alpha value is -1.63. The van der Waals surface area contributed by atoms with E-state index in [-0.39, 0.29) is 12.3 Å². The Morgan fingerprint density at radius 1 is 1.15 bits per heavy atom. The van der Waals surface area contributed by atoms with Crippen LogP contribution in [0.5, 0.6) is 0 Å². The Labute approximate surface area is 120 Å². The number of halogens is 2. The second-order valence-electron chi connectivity index (χ2n) is 4.04. The first-order valence-electron chi connectivity index (χ1n) is 5.60. The molecule has 0 radical (unpaired) electrons. The van der Waals surface area contributed by atoms with Crippen molar-refractivity contribution in [3.8, 4) is 0 Å². The topological polar surface area (TPSA) is 66.4 Å². The molecule has 0 aliphatic carbocycles. The number of anilines is 1. The van der Waals surface area contributed by atoms with Crippen molar-refractivity contribution in [1.82, 2.24) is 0 Å². The van der Waals surface area contributed by atoms with Gasteiger partial charge in [0.25, 0.3) is 10.0 Å². The van der Waals surface area contributed by atoms with Crippen molar-refractivity contribution in [3.63, 3.8) is 0 Å². The summed E-state index contributed by atoms with van der Waals surface area (Å²) in [5.74, 6) is -0.919. The highest BCUT2D eigenvalue weighted by Gasteiger charge is 2.19. The lowest BCUT2D eigenvalue weighted by Crippen LogP contribution is -2.14. The van der Waals surface area contributed by atoms with Gasteiger partial charge in [-0.2, -0.15) is 0 Å².